The molecule has 1 unspecified atom stereocenters. The van der Waals surface area contributed by atoms with E-state index < -0.39 is 0 Å². The first-order valence-electron chi connectivity index (χ1n) is 9.15. The lowest BCUT2D eigenvalue weighted by Gasteiger charge is -2.31. The number of halogens is 1. The summed E-state index contributed by atoms with van der Waals surface area (Å²) in [6.07, 6.45) is 5.67. The summed E-state index contributed by atoms with van der Waals surface area (Å²) in [7, 11) is 0. The second kappa shape index (κ2) is 10.3. The number of carbonyl (C=O) groups is 2. The second-order valence-corrected chi connectivity index (χ2v) is 6.55. The Labute approximate surface area is 165 Å². The summed E-state index contributed by atoms with van der Waals surface area (Å²) in [6, 6.07) is 5.60. The molecule has 0 aromatic heterocycles. The van der Waals surface area contributed by atoms with Gasteiger partial charge in [-0.1, -0.05) is 12.1 Å². The van der Waals surface area contributed by atoms with Gasteiger partial charge >= 0.3 is 5.97 Å². The van der Waals surface area contributed by atoms with Crippen LogP contribution < -0.4 is 9.47 Å². The maximum absolute atomic E-state index is 12.1. The zero-order valence-electron chi connectivity index (χ0n) is 15.5. The Morgan fingerprint density at radius 2 is 2.11 bits per heavy atom. The molecule has 0 radical (unpaired) electrons. The van der Waals surface area contributed by atoms with Crippen LogP contribution in [0.25, 0.3) is 6.08 Å². The molecule has 0 spiro atoms. The predicted octanol–water partition coefficient (Wildman–Crippen LogP) is 3.08. The highest BCUT2D eigenvalue weighted by Gasteiger charge is 2.26. The fraction of sp³-hybridized carbons (Fsp3) is 0.500. The van der Waals surface area contributed by atoms with Gasteiger partial charge < -0.3 is 19.1 Å². The van der Waals surface area contributed by atoms with Gasteiger partial charge in [-0.05, 0) is 50.1 Å². The number of hydrogen-bond donors (Lipinski definition) is 0. The Balaban J connectivity index is 0.00000261. The molecule has 1 atom stereocenters. The lowest BCUT2D eigenvalue weighted by atomic mass is 9.98. The van der Waals surface area contributed by atoms with Crippen molar-refractivity contribution in [1.82, 2.24) is 4.90 Å². The van der Waals surface area contributed by atoms with Crippen molar-refractivity contribution >= 4 is 30.2 Å². The molecule has 27 heavy (non-hydrogen) atoms. The predicted molar refractivity (Wildman–Crippen MR) is 104 cm³/mol. The zero-order valence-corrected chi connectivity index (χ0v) is 16.3. The van der Waals surface area contributed by atoms with Crippen molar-refractivity contribution < 1.29 is 23.8 Å². The smallest absolute Gasteiger partial charge is 0.310 e. The molecule has 1 aromatic rings. The third kappa shape index (κ3) is 5.97. The van der Waals surface area contributed by atoms with E-state index in [1.807, 2.05) is 25.1 Å². The number of fused-ring (bicyclic) bond motifs is 1. The van der Waals surface area contributed by atoms with E-state index in [0.717, 1.165) is 30.7 Å². The molecule has 6 nitrogen and oxygen atoms in total. The minimum atomic E-state index is -0.119. The van der Waals surface area contributed by atoms with E-state index in [9.17, 15) is 9.59 Å². The molecule has 148 valence electrons. The van der Waals surface area contributed by atoms with E-state index in [1.165, 1.54) is 0 Å². The number of piperidine rings is 1. The van der Waals surface area contributed by atoms with Crippen molar-refractivity contribution in [2.45, 2.75) is 26.2 Å². The van der Waals surface area contributed by atoms with Gasteiger partial charge in [0.15, 0.2) is 17.3 Å². The molecule has 2 heterocycles. The summed E-state index contributed by atoms with van der Waals surface area (Å²) in [5, 5.41) is 0. The van der Waals surface area contributed by atoms with Crippen LogP contribution in [0.5, 0.6) is 11.5 Å². The quantitative estimate of drug-likeness (QED) is 0.522. The van der Waals surface area contributed by atoms with Gasteiger partial charge in [0.2, 0.25) is 6.79 Å². The monoisotopic (exact) mass is 395 g/mol. The summed E-state index contributed by atoms with van der Waals surface area (Å²) >= 11 is 0. The van der Waals surface area contributed by atoms with E-state index >= 15 is 0 Å². The van der Waals surface area contributed by atoms with Crippen molar-refractivity contribution in [2.24, 2.45) is 5.92 Å². The van der Waals surface area contributed by atoms with Crippen LogP contribution in [0, 0.1) is 5.92 Å². The highest BCUT2D eigenvalue weighted by Crippen LogP contribution is 2.32. The lowest BCUT2D eigenvalue weighted by Crippen LogP contribution is -2.40. The highest BCUT2D eigenvalue weighted by atomic mass is 35.5. The largest absolute Gasteiger partial charge is 0.466 e. The normalized spacial score (nSPS) is 18.9. The zero-order chi connectivity index (χ0) is 18.4. The Morgan fingerprint density at radius 3 is 2.93 bits per heavy atom. The number of rotatable bonds is 7. The minimum absolute atomic E-state index is 0. The number of ketones is 1. The van der Waals surface area contributed by atoms with Crippen molar-refractivity contribution in [3.8, 4) is 11.5 Å². The lowest BCUT2D eigenvalue weighted by molar-refractivity contribution is -0.149. The number of carbonyl (C=O) groups excluding carboxylic acids is 2. The van der Waals surface area contributed by atoms with E-state index in [0.29, 0.717) is 31.9 Å². The van der Waals surface area contributed by atoms with Gasteiger partial charge in [-0.3, -0.25) is 9.59 Å². The minimum Gasteiger partial charge on any atom is -0.466 e. The van der Waals surface area contributed by atoms with E-state index in [1.54, 1.807) is 12.2 Å². The molecule has 2 aliphatic rings. The molecule has 2 aliphatic heterocycles. The van der Waals surface area contributed by atoms with Gasteiger partial charge in [0, 0.05) is 19.5 Å². The number of hydrogen-bond acceptors (Lipinski definition) is 6. The molecule has 0 aliphatic carbocycles. The van der Waals surface area contributed by atoms with E-state index in [-0.39, 0.29) is 36.9 Å². The molecular weight excluding hydrogens is 370 g/mol. The average Bonchev–Trinajstić information content (AvgIpc) is 3.13. The van der Waals surface area contributed by atoms with Crippen LogP contribution in [0.15, 0.2) is 24.3 Å². The van der Waals surface area contributed by atoms with Gasteiger partial charge in [0.1, 0.15) is 0 Å². The van der Waals surface area contributed by atoms with Crippen molar-refractivity contribution in [1.29, 1.82) is 0 Å². The van der Waals surface area contributed by atoms with Crippen LogP contribution in [-0.2, 0) is 14.3 Å². The Hall–Kier alpha value is -2.05. The standard InChI is InChI=1S/C20H25NO5.ClH/c1-2-24-20(23)16-4-3-10-21(13-16)11-9-17(22)7-5-15-6-8-18-19(12-15)26-14-25-18;/h5-8,12,16H,2-4,9-11,13-14H2,1H3;1H/b7-5+;. The molecule has 0 amide bonds. The number of benzene rings is 1. The SMILES string of the molecule is CCOC(=O)C1CCCN(CCC(=O)/C=C/c2ccc3c(c2)OCO3)C1.Cl. The molecule has 1 fully saturated rings. The van der Waals surface area contributed by atoms with Gasteiger partial charge in [0.25, 0.3) is 0 Å². The summed E-state index contributed by atoms with van der Waals surface area (Å²) in [4.78, 5) is 26.2. The number of likely N-dealkylation sites (tertiary alicyclic amines) is 1. The molecule has 0 N–H and O–H groups in total. The van der Waals surface area contributed by atoms with Gasteiger partial charge in [0.05, 0.1) is 12.5 Å². The van der Waals surface area contributed by atoms with Crippen LogP contribution in [0.2, 0.25) is 0 Å². The first kappa shape index (κ1) is 21.3. The number of esters is 1. The van der Waals surface area contributed by atoms with Crippen LogP contribution in [-0.4, -0.2) is 49.7 Å². The van der Waals surface area contributed by atoms with Crippen molar-refractivity contribution in [3.63, 3.8) is 0 Å². The average molecular weight is 396 g/mol. The van der Waals surface area contributed by atoms with Crippen LogP contribution >= 0.6 is 12.4 Å². The Bertz CT molecular complexity index is 691. The number of nitrogens with zero attached hydrogens (tertiary/aromatic N) is 1. The van der Waals surface area contributed by atoms with Gasteiger partial charge in [-0.2, -0.15) is 0 Å². The maximum atomic E-state index is 12.1. The molecule has 3 rings (SSSR count). The molecule has 1 aromatic carbocycles. The molecule has 0 saturated carbocycles. The third-order valence-corrected chi connectivity index (χ3v) is 4.66. The van der Waals surface area contributed by atoms with E-state index in [4.69, 9.17) is 14.2 Å². The molecule has 0 bridgehead atoms. The molecular formula is C20H26ClNO5. The van der Waals surface area contributed by atoms with Crippen LogP contribution in [0.1, 0.15) is 31.7 Å². The Morgan fingerprint density at radius 1 is 1.30 bits per heavy atom. The third-order valence-electron chi connectivity index (χ3n) is 4.66. The number of ether oxygens (including phenoxy) is 3. The second-order valence-electron chi connectivity index (χ2n) is 6.55. The maximum Gasteiger partial charge on any atom is 0.310 e. The molecule has 7 heteroatoms. The fourth-order valence-corrected chi connectivity index (χ4v) is 3.27. The summed E-state index contributed by atoms with van der Waals surface area (Å²) in [6.45, 7) is 4.75. The fourth-order valence-electron chi connectivity index (χ4n) is 3.27. The summed E-state index contributed by atoms with van der Waals surface area (Å²) in [5.41, 5.74) is 0.906. The first-order chi connectivity index (χ1) is 12.7. The van der Waals surface area contributed by atoms with Gasteiger partial charge in [-0.15, -0.1) is 12.4 Å². The van der Waals surface area contributed by atoms with Crippen LogP contribution in [0.3, 0.4) is 0 Å². The van der Waals surface area contributed by atoms with Crippen LogP contribution in [0.4, 0.5) is 0 Å². The summed E-state index contributed by atoms with van der Waals surface area (Å²) < 4.78 is 15.7. The highest BCUT2D eigenvalue weighted by molar-refractivity contribution is 5.93. The topological polar surface area (TPSA) is 65.1 Å². The van der Waals surface area contributed by atoms with E-state index in [2.05, 4.69) is 4.90 Å². The van der Waals surface area contributed by atoms with Crippen molar-refractivity contribution in [3.05, 3.63) is 29.8 Å². The Kier molecular flexibility index (Phi) is 8.13. The number of allylic oxidation sites excluding steroid dienone is 1. The van der Waals surface area contributed by atoms with Crippen molar-refractivity contribution in [2.75, 3.05) is 33.0 Å². The molecule has 1 saturated heterocycles. The van der Waals surface area contributed by atoms with Gasteiger partial charge in [-0.25, -0.2) is 0 Å². The first-order valence-corrected chi connectivity index (χ1v) is 9.15. The summed E-state index contributed by atoms with van der Waals surface area (Å²) in [5.74, 6) is 1.32.